The molecule has 8 heteroatoms. The molecule has 8 nitrogen and oxygen atoms in total. The van der Waals surface area contributed by atoms with Crippen LogP contribution in [0.5, 0.6) is 0 Å². The average molecular weight is 805 g/mol. The fourth-order valence-corrected chi connectivity index (χ4v) is 6.86. The van der Waals surface area contributed by atoms with Crippen LogP contribution in [0.25, 0.3) is 0 Å². The van der Waals surface area contributed by atoms with Crippen molar-refractivity contribution in [2.75, 3.05) is 41.0 Å². The number of ether oxygens (including phenoxy) is 3. The summed E-state index contributed by atoms with van der Waals surface area (Å²) < 4.78 is 17.3. The van der Waals surface area contributed by atoms with Gasteiger partial charge in [0.25, 0.3) is 0 Å². The summed E-state index contributed by atoms with van der Waals surface area (Å²) in [6.07, 6.45) is 46.1. The molecule has 0 rings (SSSR count). The highest BCUT2D eigenvalue weighted by Gasteiger charge is 2.31. The molecule has 0 saturated heterocycles. The Morgan fingerprint density at radius 2 is 0.930 bits per heavy atom. The van der Waals surface area contributed by atoms with Crippen LogP contribution >= 0.6 is 0 Å². The fraction of sp³-hybridized carbons (Fsp3) is 0.816. The van der Waals surface area contributed by atoms with Crippen molar-refractivity contribution in [1.82, 2.24) is 0 Å². The Morgan fingerprint density at radius 3 is 1.40 bits per heavy atom. The number of carbonyl (C=O) groups is 3. The number of quaternary nitrogens is 1. The van der Waals surface area contributed by atoms with Crippen LogP contribution in [0.2, 0.25) is 0 Å². The minimum atomic E-state index is -0.876. The van der Waals surface area contributed by atoms with Crippen LogP contribution < -0.4 is 0 Å². The second-order valence-corrected chi connectivity index (χ2v) is 17.0. The standard InChI is InChI=1S/C49H89NO7/c1-6-8-10-12-14-16-18-20-22-23-24-25-26-28-30-32-34-36-38-40-48(52)57-45(43-55-42-41-46(49(53)54)50(3,4)5)44-56-47(51)39-37-35-33-31-29-27-21-19-17-15-13-11-9-7-2/h14,16,20,22,24-25,45-46H,6-13,15,17-19,21,23,26-44H2,1-5H3/p+1/b16-14-,22-20-,25-24-. The largest absolute Gasteiger partial charge is 0.477 e. The molecule has 0 fully saturated rings. The van der Waals surface area contributed by atoms with E-state index in [4.69, 9.17) is 14.2 Å². The molecule has 0 radical (unpaired) electrons. The van der Waals surface area contributed by atoms with Crippen molar-refractivity contribution >= 4 is 17.9 Å². The molecule has 2 atom stereocenters. The third kappa shape index (κ3) is 38.8. The van der Waals surface area contributed by atoms with E-state index in [9.17, 15) is 19.5 Å². The monoisotopic (exact) mass is 805 g/mol. The zero-order valence-electron chi connectivity index (χ0n) is 37.8. The summed E-state index contributed by atoms with van der Waals surface area (Å²) in [4.78, 5) is 37.0. The van der Waals surface area contributed by atoms with Gasteiger partial charge < -0.3 is 23.8 Å². The first-order valence-electron chi connectivity index (χ1n) is 23.5. The number of likely N-dealkylation sites (N-methyl/N-ethyl adjacent to an activating group) is 1. The molecule has 0 amide bonds. The topological polar surface area (TPSA) is 99.1 Å². The molecule has 332 valence electrons. The lowest BCUT2D eigenvalue weighted by Crippen LogP contribution is -2.50. The minimum absolute atomic E-state index is 0.0534. The number of carbonyl (C=O) groups excluding carboxylic acids is 2. The maximum absolute atomic E-state index is 12.7. The van der Waals surface area contributed by atoms with Gasteiger partial charge in [0.2, 0.25) is 0 Å². The molecule has 0 heterocycles. The first-order valence-corrected chi connectivity index (χ1v) is 23.5. The zero-order valence-corrected chi connectivity index (χ0v) is 37.8. The highest BCUT2D eigenvalue weighted by molar-refractivity contribution is 5.72. The first kappa shape index (κ1) is 54.6. The van der Waals surface area contributed by atoms with E-state index in [0.717, 1.165) is 64.2 Å². The number of aliphatic carboxylic acids is 1. The smallest absolute Gasteiger partial charge is 0.362 e. The number of carboxylic acid groups (broad SMARTS) is 1. The number of carboxylic acids is 1. The SMILES string of the molecule is CCCCC/C=C\C/C=C\C/C=C\CCCCCCCCC(=O)OC(COCCC(C(=O)O)[N+](C)(C)C)COC(=O)CCCCCCCCCCCCCCCC. The van der Waals surface area contributed by atoms with Crippen molar-refractivity contribution in [3.8, 4) is 0 Å². The molecule has 0 spiro atoms. The van der Waals surface area contributed by atoms with E-state index in [0.29, 0.717) is 19.3 Å². The predicted octanol–water partition coefficient (Wildman–Crippen LogP) is 13.0. The van der Waals surface area contributed by atoms with Crippen molar-refractivity contribution in [1.29, 1.82) is 0 Å². The van der Waals surface area contributed by atoms with Gasteiger partial charge in [0.1, 0.15) is 6.61 Å². The van der Waals surface area contributed by atoms with Gasteiger partial charge in [-0.2, -0.15) is 0 Å². The fourth-order valence-electron chi connectivity index (χ4n) is 6.86. The van der Waals surface area contributed by atoms with Crippen LogP contribution in [0.3, 0.4) is 0 Å². The summed E-state index contributed by atoms with van der Waals surface area (Å²) in [6.45, 7) is 4.71. The lowest BCUT2D eigenvalue weighted by atomic mass is 10.0. The Balaban J connectivity index is 4.32. The molecule has 0 aromatic heterocycles. The van der Waals surface area contributed by atoms with E-state index < -0.39 is 18.1 Å². The van der Waals surface area contributed by atoms with Crippen molar-refractivity contribution in [2.24, 2.45) is 0 Å². The number of unbranched alkanes of at least 4 members (excludes halogenated alkanes) is 22. The van der Waals surface area contributed by atoms with Crippen molar-refractivity contribution < 1.29 is 38.2 Å². The Bertz CT molecular complexity index is 1030. The summed E-state index contributed by atoms with van der Waals surface area (Å²) in [5, 5.41) is 9.63. The van der Waals surface area contributed by atoms with Crippen molar-refractivity contribution in [3.05, 3.63) is 36.5 Å². The summed E-state index contributed by atoms with van der Waals surface area (Å²) >= 11 is 0. The summed E-state index contributed by atoms with van der Waals surface area (Å²) in [5.74, 6) is -1.47. The van der Waals surface area contributed by atoms with Gasteiger partial charge in [-0.25, -0.2) is 4.79 Å². The molecule has 2 unspecified atom stereocenters. The molecular weight excluding hydrogens is 715 g/mol. The van der Waals surface area contributed by atoms with Crippen LogP contribution in [0.1, 0.15) is 206 Å². The second kappa shape index (κ2) is 40.3. The van der Waals surface area contributed by atoms with Crippen LogP contribution in [-0.2, 0) is 28.6 Å². The number of allylic oxidation sites excluding steroid dienone is 6. The highest BCUT2D eigenvalue weighted by atomic mass is 16.6. The van der Waals surface area contributed by atoms with Crippen LogP contribution in [0.4, 0.5) is 0 Å². The van der Waals surface area contributed by atoms with Gasteiger partial charge >= 0.3 is 17.9 Å². The van der Waals surface area contributed by atoms with Crippen LogP contribution in [0, 0.1) is 0 Å². The Kier molecular flexibility index (Phi) is 38.6. The van der Waals surface area contributed by atoms with Gasteiger partial charge in [-0.15, -0.1) is 0 Å². The van der Waals surface area contributed by atoms with E-state index >= 15 is 0 Å². The summed E-state index contributed by atoms with van der Waals surface area (Å²) in [5.41, 5.74) is 0. The maximum atomic E-state index is 12.7. The number of hydrogen-bond acceptors (Lipinski definition) is 6. The Labute approximate surface area is 351 Å². The first-order chi connectivity index (χ1) is 27.6. The van der Waals surface area contributed by atoms with E-state index in [2.05, 4.69) is 50.3 Å². The maximum Gasteiger partial charge on any atom is 0.362 e. The van der Waals surface area contributed by atoms with Crippen molar-refractivity contribution in [2.45, 2.75) is 219 Å². The summed E-state index contributed by atoms with van der Waals surface area (Å²) in [6, 6.07) is -0.616. The highest BCUT2D eigenvalue weighted by Crippen LogP contribution is 2.15. The van der Waals surface area contributed by atoms with Gasteiger partial charge in [0, 0.05) is 19.3 Å². The zero-order chi connectivity index (χ0) is 42.1. The molecule has 1 N–H and O–H groups in total. The molecule has 0 bridgehead atoms. The van der Waals surface area contributed by atoms with E-state index in [1.54, 1.807) is 0 Å². The number of esters is 2. The van der Waals surface area contributed by atoms with Gasteiger partial charge in [-0.1, -0.05) is 172 Å². The molecule has 0 aromatic carbocycles. The van der Waals surface area contributed by atoms with E-state index in [-0.39, 0.29) is 36.2 Å². The molecular formula is C49H90NO7+. The molecule has 0 saturated carbocycles. The van der Waals surface area contributed by atoms with Gasteiger partial charge in [0.15, 0.2) is 12.1 Å². The van der Waals surface area contributed by atoms with E-state index in [1.807, 2.05) is 21.1 Å². The van der Waals surface area contributed by atoms with Gasteiger partial charge in [0.05, 0.1) is 34.4 Å². The predicted molar refractivity (Wildman–Crippen MR) is 238 cm³/mol. The molecule has 0 aromatic rings. The molecule has 57 heavy (non-hydrogen) atoms. The third-order valence-electron chi connectivity index (χ3n) is 10.5. The molecule has 0 aliphatic rings. The normalized spacial score (nSPS) is 13.2. The van der Waals surface area contributed by atoms with Gasteiger partial charge in [-0.3, -0.25) is 9.59 Å². The average Bonchev–Trinajstić information content (AvgIpc) is 3.17. The molecule has 0 aliphatic carbocycles. The lowest BCUT2D eigenvalue weighted by molar-refractivity contribution is -0.887. The lowest BCUT2D eigenvalue weighted by Gasteiger charge is -2.31. The Hall–Kier alpha value is -2.45. The van der Waals surface area contributed by atoms with Crippen LogP contribution in [-0.4, -0.2) is 80.6 Å². The number of hydrogen-bond donors (Lipinski definition) is 1. The number of rotatable bonds is 42. The van der Waals surface area contributed by atoms with Crippen LogP contribution in [0.15, 0.2) is 36.5 Å². The minimum Gasteiger partial charge on any atom is -0.477 e. The molecule has 0 aliphatic heterocycles. The quantitative estimate of drug-likeness (QED) is 0.0284. The third-order valence-corrected chi connectivity index (χ3v) is 10.5. The number of nitrogens with zero attached hydrogens (tertiary/aromatic N) is 1. The van der Waals surface area contributed by atoms with Crippen molar-refractivity contribution in [3.63, 3.8) is 0 Å². The van der Waals surface area contributed by atoms with Gasteiger partial charge in [-0.05, 0) is 51.4 Å². The second-order valence-electron chi connectivity index (χ2n) is 17.0. The van der Waals surface area contributed by atoms with E-state index in [1.165, 1.54) is 109 Å². The summed E-state index contributed by atoms with van der Waals surface area (Å²) in [7, 11) is 5.53. The Morgan fingerprint density at radius 1 is 0.526 bits per heavy atom.